The summed E-state index contributed by atoms with van der Waals surface area (Å²) >= 11 is 0. The Morgan fingerprint density at radius 2 is 1.62 bits per heavy atom. The Bertz CT molecular complexity index is 1250. The van der Waals surface area contributed by atoms with Crippen molar-refractivity contribution in [1.29, 1.82) is 0 Å². The maximum absolute atomic E-state index is 12.8. The van der Waals surface area contributed by atoms with Crippen molar-refractivity contribution in [3.05, 3.63) is 76.4 Å². The molecule has 39 heavy (non-hydrogen) atoms. The Morgan fingerprint density at radius 3 is 2.21 bits per heavy atom. The number of anilines is 1. The average Bonchev–Trinajstić information content (AvgIpc) is 3.22. The largest absolute Gasteiger partial charge is 0.514 e. The Kier molecular flexibility index (Phi) is 10.0. The second-order valence-corrected chi connectivity index (χ2v) is 8.84. The number of imide groups is 1. The van der Waals surface area contributed by atoms with E-state index in [9.17, 15) is 34.1 Å². The normalized spacial score (nSPS) is 13.2. The number of ether oxygens (including phenoxy) is 2. The third kappa shape index (κ3) is 8.88. The lowest BCUT2D eigenvalue weighted by Gasteiger charge is -2.17. The predicted molar refractivity (Wildman–Crippen MR) is 137 cm³/mol. The number of non-ortho nitro benzene ring substituents is 1. The number of amides is 3. The number of nitro groups is 1. The second kappa shape index (κ2) is 13.6. The van der Waals surface area contributed by atoms with E-state index < -0.39 is 17.0 Å². The molecule has 1 heterocycles. The van der Waals surface area contributed by atoms with Crippen LogP contribution in [0.1, 0.15) is 38.2 Å². The van der Waals surface area contributed by atoms with Gasteiger partial charge in [0.25, 0.3) is 17.5 Å². The minimum Gasteiger partial charge on any atom is -0.429 e. The molecule has 2 aromatic rings. The quantitative estimate of drug-likeness (QED) is 0.0996. The molecule has 3 amide bonds. The first-order chi connectivity index (χ1) is 18.6. The SMILES string of the molecule is CC(=O)C[C@@H](CCCCN1C(=O)C=CC1=O)C(=O)Nc1ccc(COC(=O)Oc2ccc([N+](=O)[O-])cc2)cc1. The van der Waals surface area contributed by atoms with Crippen LogP contribution in [0.2, 0.25) is 0 Å². The fraction of sp³-hybridized carbons (Fsp3) is 0.296. The minimum atomic E-state index is -0.983. The Morgan fingerprint density at radius 1 is 0.974 bits per heavy atom. The molecule has 2 aromatic carbocycles. The van der Waals surface area contributed by atoms with E-state index in [0.717, 1.165) is 4.90 Å². The molecule has 0 fully saturated rings. The zero-order valence-corrected chi connectivity index (χ0v) is 21.2. The average molecular weight is 538 g/mol. The van der Waals surface area contributed by atoms with Crippen LogP contribution in [0.15, 0.2) is 60.7 Å². The number of carbonyl (C=O) groups is 5. The van der Waals surface area contributed by atoms with E-state index in [2.05, 4.69) is 5.32 Å². The highest BCUT2D eigenvalue weighted by Crippen LogP contribution is 2.20. The lowest BCUT2D eigenvalue weighted by molar-refractivity contribution is -0.384. The fourth-order valence-corrected chi connectivity index (χ4v) is 3.82. The van der Waals surface area contributed by atoms with Crippen molar-refractivity contribution in [2.45, 2.75) is 39.2 Å². The third-order valence-electron chi connectivity index (χ3n) is 5.82. The Labute approximate surface area is 223 Å². The van der Waals surface area contributed by atoms with Crippen molar-refractivity contribution in [3.63, 3.8) is 0 Å². The molecule has 1 aliphatic rings. The van der Waals surface area contributed by atoms with Gasteiger partial charge in [0.05, 0.1) is 4.92 Å². The van der Waals surface area contributed by atoms with Crippen LogP contribution in [0.25, 0.3) is 0 Å². The van der Waals surface area contributed by atoms with Crippen molar-refractivity contribution >= 4 is 41.0 Å². The summed E-state index contributed by atoms with van der Waals surface area (Å²) in [7, 11) is 0. The summed E-state index contributed by atoms with van der Waals surface area (Å²) in [5.41, 5.74) is 0.973. The standard InChI is InChI=1S/C27H27N3O9/c1-18(31)16-20(4-2-3-15-29-24(32)13-14-25(29)33)26(34)28-21-7-5-19(6-8-21)17-38-27(35)39-23-11-9-22(10-12-23)30(36)37/h5-14,20H,2-4,15-17H2,1H3,(H,28,34)/t20-/m1/s1. The lowest BCUT2D eigenvalue weighted by atomic mass is 9.95. The van der Waals surface area contributed by atoms with E-state index in [0.29, 0.717) is 30.5 Å². The van der Waals surface area contributed by atoms with Crippen molar-refractivity contribution in [3.8, 4) is 5.75 Å². The zero-order chi connectivity index (χ0) is 28.4. The van der Waals surface area contributed by atoms with Crippen LogP contribution in [-0.2, 0) is 30.5 Å². The number of carbonyl (C=O) groups excluding carboxylic acids is 5. The number of unbranched alkanes of at least 4 members (excludes halogenated alkanes) is 1. The van der Waals surface area contributed by atoms with Gasteiger partial charge in [-0.15, -0.1) is 0 Å². The Hall–Kier alpha value is -4.87. The van der Waals surface area contributed by atoms with Crippen molar-refractivity contribution in [2.24, 2.45) is 5.92 Å². The van der Waals surface area contributed by atoms with Gasteiger partial charge >= 0.3 is 6.16 Å². The monoisotopic (exact) mass is 537 g/mol. The first kappa shape index (κ1) is 28.7. The molecule has 3 rings (SSSR count). The summed E-state index contributed by atoms with van der Waals surface area (Å²) in [6, 6.07) is 11.5. The summed E-state index contributed by atoms with van der Waals surface area (Å²) in [6.07, 6.45) is 3.01. The smallest absolute Gasteiger partial charge is 0.429 e. The van der Waals surface area contributed by atoms with E-state index in [1.165, 1.54) is 43.3 Å². The van der Waals surface area contributed by atoms with Gasteiger partial charge in [-0.1, -0.05) is 18.6 Å². The number of ketones is 1. The first-order valence-electron chi connectivity index (χ1n) is 12.1. The summed E-state index contributed by atoms with van der Waals surface area (Å²) in [4.78, 5) is 70.9. The van der Waals surface area contributed by atoms with Gasteiger partial charge in [-0.05, 0) is 49.6 Å². The maximum atomic E-state index is 12.8. The molecule has 0 spiro atoms. The first-order valence-corrected chi connectivity index (χ1v) is 12.1. The molecule has 1 aliphatic heterocycles. The van der Waals surface area contributed by atoms with Gasteiger partial charge in [-0.3, -0.25) is 29.4 Å². The molecule has 204 valence electrons. The number of nitrogens with one attached hydrogen (secondary N) is 1. The highest BCUT2D eigenvalue weighted by molar-refractivity contribution is 6.12. The Balaban J connectivity index is 1.44. The second-order valence-electron chi connectivity index (χ2n) is 8.84. The van der Waals surface area contributed by atoms with Crippen molar-refractivity contribution < 1.29 is 38.4 Å². The van der Waals surface area contributed by atoms with Gasteiger partial charge in [0, 0.05) is 48.9 Å². The molecule has 1 atom stereocenters. The highest BCUT2D eigenvalue weighted by Gasteiger charge is 2.24. The van der Waals surface area contributed by atoms with E-state index in [1.807, 2.05) is 0 Å². The highest BCUT2D eigenvalue weighted by atomic mass is 16.7. The van der Waals surface area contributed by atoms with Gasteiger partial charge in [-0.25, -0.2) is 4.79 Å². The molecule has 0 radical (unpaired) electrons. The van der Waals surface area contributed by atoms with Crippen molar-refractivity contribution in [2.75, 3.05) is 11.9 Å². The van der Waals surface area contributed by atoms with Gasteiger partial charge in [0.2, 0.25) is 5.91 Å². The number of nitro benzene ring substituents is 1. The molecular formula is C27H27N3O9. The fourth-order valence-electron chi connectivity index (χ4n) is 3.82. The van der Waals surface area contributed by atoms with Crippen LogP contribution in [0.3, 0.4) is 0 Å². The molecule has 1 N–H and O–H groups in total. The van der Waals surface area contributed by atoms with Crippen LogP contribution in [0.5, 0.6) is 5.75 Å². The van der Waals surface area contributed by atoms with Crippen LogP contribution in [0, 0.1) is 16.0 Å². The number of rotatable bonds is 13. The van der Waals surface area contributed by atoms with E-state index in [-0.39, 0.29) is 54.5 Å². The van der Waals surface area contributed by atoms with Crippen LogP contribution in [-0.4, -0.2) is 46.0 Å². The topological polar surface area (TPSA) is 162 Å². The van der Waals surface area contributed by atoms with Crippen LogP contribution < -0.4 is 10.1 Å². The minimum absolute atomic E-state index is 0.0672. The summed E-state index contributed by atoms with van der Waals surface area (Å²) < 4.78 is 10.0. The summed E-state index contributed by atoms with van der Waals surface area (Å²) in [6.45, 7) is 1.56. The van der Waals surface area contributed by atoms with Crippen LogP contribution in [0.4, 0.5) is 16.2 Å². The van der Waals surface area contributed by atoms with E-state index in [1.54, 1.807) is 24.3 Å². The molecule has 0 saturated carbocycles. The van der Waals surface area contributed by atoms with Gasteiger partial charge in [-0.2, -0.15) is 0 Å². The predicted octanol–water partition coefficient (Wildman–Crippen LogP) is 3.94. The number of hydrogen-bond donors (Lipinski definition) is 1. The van der Waals surface area contributed by atoms with Crippen LogP contribution >= 0.6 is 0 Å². The summed E-state index contributed by atoms with van der Waals surface area (Å²) in [5.74, 6) is -1.63. The molecule has 0 bridgehead atoms. The zero-order valence-electron chi connectivity index (χ0n) is 21.2. The molecule has 0 saturated heterocycles. The molecule has 0 unspecified atom stereocenters. The van der Waals surface area contributed by atoms with Gasteiger partial charge in [0.1, 0.15) is 18.1 Å². The molecule has 0 aromatic heterocycles. The van der Waals surface area contributed by atoms with Crippen molar-refractivity contribution in [1.82, 2.24) is 4.90 Å². The summed E-state index contributed by atoms with van der Waals surface area (Å²) in [5, 5.41) is 13.5. The van der Waals surface area contributed by atoms with Gasteiger partial charge in [0.15, 0.2) is 0 Å². The number of hydrogen-bond acceptors (Lipinski definition) is 9. The van der Waals surface area contributed by atoms with E-state index >= 15 is 0 Å². The molecule has 12 heteroatoms. The van der Waals surface area contributed by atoms with E-state index in [4.69, 9.17) is 9.47 Å². The number of benzene rings is 2. The molecule has 12 nitrogen and oxygen atoms in total. The lowest BCUT2D eigenvalue weighted by Crippen LogP contribution is -2.31. The number of Topliss-reactive ketones (excluding diaryl/α,β-unsaturated/α-hetero) is 1. The molecule has 0 aliphatic carbocycles. The number of nitrogens with zero attached hydrogens (tertiary/aromatic N) is 2. The molecular weight excluding hydrogens is 510 g/mol. The third-order valence-corrected chi connectivity index (χ3v) is 5.82. The van der Waals surface area contributed by atoms with Gasteiger partial charge < -0.3 is 19.6 Å². The maximum Gasteiger partial charge on any atom is 0.514 e.